The first-order chi connectivity index (χ1) is 11.4. The Hall–Kier alpha value is -2.55. The van der Waals surface area contributed by atoms with Gasteiger partial charge in [-0.15, -0.1) is 5.46 Å². The summed E-state index contributed by atoms with van der Waals surface area (Å²) in [5, 5.41) is 20.4. The Morgan fingerprint density at radius 2 is 1.25 bits per heavy atom. The van der Waals surface area contributed by atoms with Crippen molar-refractivity contribution in [2.24, 2.45) is 0 Å². The summed E-state index contributed by atoms with van der Waals surface area (Å²) in [5.74, 6) is -0.839. The minimum absolute atomic E-state index is 0.0546. The standard InChI is InChI=1S/C19H13B3O2/c1-10-6-8-11(9-7-10)12-4-2-3-5-13(12)14-15(20)16(21)17(22)19(24)18(14)23/h2-9,23-24H,1H3. The topological polar surface area (TPSA) is 40.5 Å². The zero-order valence-corrected chi connectivity index (χ0v) is 13.2. The fourth-order valence-corrected chi connectivity index (χ4v) is 2.74. The van der Waals surface area contributed by atoms with E-state index < -0.39 is 5.75 Å². The Bertz CT molecular complexity index is 890. The van der Waals surface area contributed by atoms with E-state index in [0.717, 1.165) is 16.7 Å². The van der Waals surface area contributed by atoms with E-state index in [1.807, 2.05) is 55.5 Å². The van der Waals surface area contributed by atoms with Crippen molar-refractivity contribution in [1.29, 1.82) is 0 Å². The van der Waals surface area contributed by atoms with Gasteiger partial charge >= 0.3 is 0 Å². The highest BCUT2D eigenvalue weighted by Crippen LogP contribution is 2.38. The largest absolute Gasteiger partial charge is 0.505 e. The predicted molar refractivity (Wildman–Crippen MR) is 102 cm³/mol. The van der Waals surface area contributed by atoms with Crippen LogP contribution in [0.3, 0.4) is 0 Å². The zero-order valence-electron chi connectivity index (χ0n) is 13.2. The first kappa shape index (κ1) is 16.3. The van der Waals surface area contributed by atoms with Crippen LogP contribution in [0, 0.1) is 6.92 Å². The molecule has 0 aromatic heterocycles. The van der Waals surface area contributed by atoms with Gasteiger partial charge in [0.1, 0.15) is 29.3 Å². The van der Waals surface area contributed by atoms with Gasteiger partial charge in [-0.05, 0) is 23.6 Å². The Morgan fingerprint density at radius 3 is 1.88 bits per heavy atom. The maximum atomic E-state index is 10.4. The average molecular weight is 306 g/mol. The van der Waals surface area contributed by atoms with Crippen molar-refractivity contribution in [3.63, 3.8) is 0 Å². The molecule has 3 aromatic carbocycles. The second kappa shape index (κ2) is 6.16. The molecule has 0 spiro atoms. The Morgan fingerprint density at radius 1 is 0.667 bits per heavy atom. The van der Waals surface area contributed by atoms with Crippen molar-refractivity contribution in [2.75, 3.05) is 0 Å². The minimum atomic E-state index is -0.463. The molecular weight excluding hydrogens is 293 g/mol. The molecule has 2 nitrogen and oxygen atoms in total. The quantitative estimate of drug-likeness (QED) is 0.550. The molecule has 0 aliphatic rings. The summed E-state index contributed by atoms with van der Waals surface area (Å²) in [6.07, 6.45) is 0. The van der Waals surface area contributed by atoms with Crippen molar-refractivity contribution in [3.05, 3.63) is 54.1 Å². The van der Waals surface area contributed by atoms with Crippen molar-refractivity contribution >= 4 is 39.9 Å². The van der Waals surface area contributed by atoms with Gasteiger partial charge in [-0.2, -0.15) is 0 Å². The molecule has 0 heterocycles. The van der Waals surface area contributed by atoms with E-state index in [4.69, 9.17) is 23.5 Å². The van der Waals surface area contributed by atoms with Gasteiger partial charge in [0.15, 0.2) is 5.75 Å². The van der Waals surface area contributed by atoms with Crippen LogP contribution in [0.1, 0.15) is 5.56 Å². The summed E-state index contributed by atoms with van der Waals surface area (Å²) in [6, 6.07) is 15.4. The average Bonchev–Trinajstić information content (AvgIpc) is 2.60. The molecule has 110 valence electrons. The van der Waals surface area contributed by atoms with Gasteiger partial charge in [0, 0.05) is 5.56 Å². The lowest BCUT2D eigenvalue weighted by Crippen LogP contribution is -2.40. The second-order valence-corrected chi connectivity index (χ2v) is 5.72. The summed E-state index contributed by atoms with van der Waals surface area (Å²) in [5.41, 5.74) is 3.98. The fraction of sp³-hybridized carbons (Fsp3) is 0.0526. The molecule has 0 saturated carbocycles. The van der Waals surface area contributed by atoms with E-state index >= 15 is 0 Å². The number of benzene rings is 3. The van der Waals surface area contributed by atoms with E-state index in [0.29, 0.717) is 5.56 Å². The summed E-state index contributed by atoms with van der Waals surface area (Å²) < 4.78 is 0. The van der Waals surface area contributed by atoms with Crippen molar-refractivity contribution in [1.82, 2.24) is 0 Å². The summed E-state index contributed by atoms with van der Waals surface area (Å²) >= 11 is 0. The van der Waals surface area contributed by atoms with E-state index in [1.165, 1.54) is 0 Å². The molecule has 0 aliphatic heterocycles. The number of rotatable bonds is 2. The SMILES string of the molecule is [B]c1c([B])c(O)c(O)c(-c2ccccc2-c2ccc(C)cc2)c1[B]. The van der Waals surface area contributed by atoms with Gasteiger partial charge in [0.05, 0.1) is 0 Å². The van der Waals surface area contributed by atoms with Crippen LogP contribution in [-0.4, -0.2) is 33.8 Å². The first-order valence-corrected chi connectivity index (χ1v) is 7.46. The Balaban J connectivity index is 2.32. The molecule has 0 atom stereocenters. The van der Waals surface area contributed by atoms with Crippen molar-refractivity contribution < 1.29 is 10.2 Å². The van der Waals surface area contributed by atoms with Gasteiger partial charge in [-0.1, -0.05) is 65.0 Å². The van der Waals surface area contributed by atoms with Crippen molar-refractivity contribution in [3.8, 4) is 33.8 Å². The minimum Gasteiger partial charge on any atom is -0.505 e. The highest BCUT2D eigenvalue weighted by atomic mass is 16.3. The van der Waals surface area contributed by atoms with Crippen LogP contribution in [-0.2, 0) is 0 Å². The van der Waals surface area contributed by atoms with Crippen LogP contribution in [0.5, 0.6) is 11.5 Å². The fourth-order valence-electron chi connectivity index (χ4n) is 2.74. The molecular formula is C19H13B3O2. The smallest absolute Gasteiger partial charge is 0.164 e. The molecule has 0 aliphatic carbocycles. The highest BCUT2D eigenvalue weighted by molar-refractivity contribution is 6.59. The number of aryl methyl sites for hydroxylation is 1. The molecule has 2 N–H and O–H groups in total. The van der Waals surface area contributed by atoms with Gasteiger partial charge in [0.25, 0.3) is 0 Å². The van der Waals surface area contributed by atoms with Gasteiger partial charge < -0.3 is 10.2 Å². The number of aromatic hydroxyl groups is 2. The predicted octanol–water partition coefficient (Wildman–Crippen LogP) is 1.12. The summed E-state index contributed by atoms with van der Waals surface area (Å²) in [4.78, 5) is 0. The third-order valence-electron chi connectivity index (χ3n) is 4.12. The molecule has 3 aromatic rings. The summed E-state index contributed by atoms with van der Waals surface area (Å²) in [6.45, 7) is 2.01. The summed E-state index contributed by atoms with van der Waals surface area (Å²) in [7, 11) is 17.6. The van der Waals surface area contributed by atoms with E-state index in [-0.39, 0.29) is 27.7 Å². The molecule has 5 heteroatoms. The van der Waals surface area contributed by atoms with Crippen LogP contribution in [0.25, 0.3) is 22.3 Å². The molecule has 0 amide bonds. The van der Waals surface area contributed by atoms with Gasteiger partial charge in [-0.3, -0.25) is 0 Å². The van der Waals surface area contributed by atoms with Crippen LogP contribution in [0.15, 0.2) is 48.5 Å². The normalized spacial score (nSPS) is 10.7. The lowest BCUT2D eigenvalue weighted by molar-refractivity contribution is 0.409. The van der Waals surface area contributed by atoms with Crippen LogP contribution >= 0.6 is 0 Å². The van der Waals surface area contributed by atoms with Crippen LogP contribution in [0.2, 0.25) is 0 Å². The Labute approximate surface area is 145 Å². The number of phenols is 2. The van der Waals surface area contributed by atoms with Crippen LogP contribution < -0.4 is 16.4 Å². The lowest BCUT2D eigenvalue weighted by atomic mass is 9.68. The molecule has 0 saturated heterocycles. The molecule has 0 bridgehead atoms. The second-order valence-electron chi connectivity index (χ2n) is 5.72. The molecule has 6 radical (unpaired) electrons. The molecule has 24 heavy (non-hydrogen) atoms. The van der Waals surface area contributed by atoms with Gasteiger partial charge in [0.2, 0.25) is 0 Å². The number of phenolic OH excluding ortho intramolecular Hbond substituents is 2. The lowest BCUT2D eigenvalue weighted by Gasteiger charge is -2.19. The highest BCUT2D eigenvalue weighted by Gasteiger charge is 2.19. The maximum absolute atomic E-state index is 10.4. The van der Waals surface area contributed by atoms with Gasteiger partial charge in [-0.25, -0.2) is 0 Å². The molecule has 0 unspecified atom stereocenters. The molecule has 3 rings (SSSR count). The third kappa shape index (κ3) is 2.60. The third-order valence-corrected chi connectivity index (χ3v) is 4.12. The van der Waals surface area contributed by atoms with E-state index in [1.54, 1.807) is 0 Å². The van der Waals surface area contributed by atoms with Crippen LogP contribution in [0.4, 0.5) is 0 Å². The number of hydrogen-bond acceptors (Lipinski definition) is 2. The Kier molecular flexibility index (Phi) is 4.19. The zero-order chi connectivity index (χ0) is 17.4. The monoisotopic (exact) mass is 306 g/mol. The first-order valence-electron chi connectivity index (χ1n) is 7.46. The van der Waals surface area contributed by atoms with E-state index in [2.05, 4.69) is 0 Å². The maximum Gasteiger partial charge on any atom is 0.164 e. The van der Waals surface area contributed by atoms with Crippen molar-refractivity contribution in [2.45, 2.75) is 6.92 Å². The van der Waals surface area contributed by atoms with E-state index in [9.17, 15) is 10.2 Å². The number of hydrogen-bond donors (Lipinski definition) is 2. The molecule has 0 fully saturated rings.